The number of aliphatic hydroxyl groups is 1. The first-order valence-corrected chi connectivity index (χ1v) is 26.5. The molecule has 9 heteroatoms. The Kier molecular flexibility index (Phi) is 43.4. The van der Waals surface area contributed by atoms with Crippen LogP contribution < -0.4 is 10.2 Å². The van der Waals surface area contributed by atoms with Crippen molar-refractivity contribution < 1.29 is 32.9 Å². The highest BCUT2D eigenvalue weighted by Gasteiger charge is 2.23. The van der Waals surface area contributed by atoms with Gasteiger partial charge in [0.25, 0.3) is 7.82 Å². The number of allylic oxidation sites excluding steroid dienone is 21. The zero-order chi connectivity index (χ0) is 47.8. The van der Waals surface area contributed by atoms with Crippen molar-refractivity contribution in [1.29, 1.82) is 0 Å². The Labute approximate surface area is 398 Å². The second kappa shape index (κ2) is 45.8. The molecule has 0 rings (SSSR count). The van der Waals surface area contributed by atoms with Gasteiger partial charge in [0, 0.05) is 6.42 Å². The molecule has 0 spiro atoms. The molecule has 0 saturated carbocycles. The van der Waals surface area contributed by atoms with Crippen molar-refractivity contribution in [2.24, 2.45) is 0 Å². The van der Waals surface area contributed by atoms with Crippen LogP contribution in [0.3, 0.4) is 0 Å². The van der Waals surface area contributed by atoms with Crippen molar-refractivity contribution in [2.75, 3.05) is 40.9 Å². The summed E-state index contributed by atoms with van der Waals surface area (Å²) in [6.45, 7) is 4.33. The van der Waals surface area contributed by atoms with Crippen molar-refractivity contribution in [3.63, 3.8) is 0 Å². The molecule has 0 aromatic heterocycles. The predicted octanol–water partition coefficient (Wildman–Crippen LogP) is 14.2. The first kappa shape index (κ1) is 61.6. The minimum absolute atomic E-state index is 0.0110. The number of aliphatic hydroxyl groups excluding tert-OH is 1. The number of nitrogens with one attached hydrogen (secondary N) is 1. The van der Waals surface area contributed by atoms with E-state index >= 15 is 0 Å². The number of quaternary nitrogens is 1. The molecule has 0 fully saturated rings. The van der Waals surface area contributed by atoms with Crippen LogP contribution in [0.25, 0.3) is 0 Å². The van der Waals surface area contributed by atoms with Crippen molar-refractivity contribution in [3.05, 3.63) is 134 Å². The third kappa shape index (κ3) is 48.4. The summed E-state index contributed by atoms with van der Waals surface area (Å²) in [5.41, 5.74) is 0. The third-order valence-electron chi connectivity index (χ3n) is 10.1. The van der Waals surface area contributed by atoms with Gasteiger partial charge in [0.2, 0.25) is 5.91 Å². The number of phosphoric ester groups is 1. The van der Waals surface area contributed by atoms with Gasteiger partial charge in [0.05, 0.1) is 39.9 Å². The molecular formula is C56H93N2O6P. The Balaban J connectivity index is 3.94. The summed E-state index contributed by atoms with van der Waals surface area (Å²) in [6, 6.07) is -0.895. The van der Waals surface area contributed by atoms with Crippen LogP contribution in [0, 0.1) is 0 Å². The standard InChI is InChI=1S/C56H93N2O6P/c1-6-8-10-12-13-14-15-16-17-18-19-20-21-22-23-24-25-26-27-28-29-30-31-32-33-34-35-36-37-38-39-40-41-42-43-44-45-46-48-50-56(60)57-54(55(59)49-47-11-9-7-2)53-64-65(61,62)63-52-51-58(3,4)5/h8,10,13-14,16-17,19-20,22-23,25-26,28-29,31-32,34-35,37-38,47,49,54-55,59H,6-7,9,11-12,15,18,21,24,27,30,33,36,39-46,48,50-53H2,1-5H3,(H-,57,60,61,62)/b10-8-,14-13-,17-16-,20-19-,23-22-,26-25-,29-28-,32-31-,35-34-,38-37-,49-47+. The van der Waals surface area contributed by atoms with Crippen molar-refractivity contribution >= 4 is 13.7 Å². The first-order chi connectivity index (χ1) is 31.5. The van der Waals surface area contributed by atoms with Crippen molar-refractivity contribution in [3.8, 4) is 0 Å². The van der Waals surface area contributed by atoms with Gasteiger partial charge in [-0.05, 0) is 89.9 Å². The van der Waals surface area contributed by atoms with E-state index in [9.17, 15) is 19.4 Å². The molecule has 0 saturated heterocycles. The van der Waals surface area contributed by atoms with Crippen LogP contribution in [0.15, 0.2) is 134 Å². The number of likely N-dealkylation sites (N-methyl/N-ethyl adjacent to an activating group) is 1. The fourth-order valence-electron chi connectivity index (χ4n) is 6.16. The van der Waals surface area contributed by atoms with Gasteiger partial charge in [-0.2, -0.15) is 0 Å². The van der Waals surface area contributed by atoms with E-state index in [1.807, 2.05) is 27.2 Å². The SMILES string of the molecule is CC/C=C\C/C=C\C/C=C\C/C=C\C/C=C\C/C=C\C/C=C\C/C=C\C/C=C\C/C=C\CCCCCCCCCCC(=O)NC(COP(=O)([O-])OCC[N+](C)(C)C)C(O)/C=C/CCCC. The number of rotatable bonds is 43. The molecule has 2 N–H and O–H groups in total. The van der Waals surface area contributed by atoms with Gasteiger partial charge in [0.15, 0.2) is 0 Å². The highest BCUT2D eigenvalue weighted by molar-refractivity contribution is 7.45. The summed E-state index contributed by atoms with van der Waals surface area (Å²) < 4.78 is 22.9. The lowest BCUT2D eigenvalue weighted by atomic mass is 10.1. The fourth-order valence-corrected chi connectivity index (χ4v) is 6.89. The summed E-state index contributed by atoms with van der Waals surface area (Å²) in [5, 5.41) is 13.5. The number of carbonyl (C=O) groups excluding carboxylic acids is 1. The highest BCUT2D eigenvalue weighted by Crippen LogP contribution is 2.38. The Morgan fingerprint density at radius 3 is 1.35 bits per heavy atom. The minimum atomic E-state index is -4.58. The van der Waals surface area contributed by atoms with Crippen LogP contribution in [0.4, 0.5) is 0 Å². The van der Waals surface area contributed by atoms with Gasteiger partial charge in [-0.3, -0.25) is 9.36 Å². The highest BCUT2D eigenvalue weighted by atomic mass is 31.2. The molecule has 0 aliphatic carbocycles. The summed E-state index contributed by atoms with van der Waals surface area (Å²) in [6.07, 6.45) is 70.2. The quantitative estimate of drug-likeness (QED) is 0.0273. The number of nitrogens with zero attached hydrogens (tertiary/aromatic N) is 1. The van der Waals surface area contributed by atoms with E-state index in [0.29, 0.717) is 17.4 Å². The number of unbranched alkanes of at least 4 members (excludes halogenated alkanes) is 10. The summed E-state index contributed by atoms with van der Waals surface area (Å²) in [7, 11) is 1.23. The normalized spacial score (nSPS) is 15.2. The average molecular weight is 921 g/mol. The molecule has 0 aliphatic heterocycles. The molecular weight excluding hydrogens is 828 g/mol. The molecule has 8 nitrogen and oxygen atoms in total. The van der Waals surface area contributed by atoms with Crippen LogP contribution in [0.2, 0.25) is 0 Å². The maximum atomic E-state index is 12.7. The second-order valence-corrected chi connectivity index (χ2v) is 18.8. The van der Waals surface area contributed by atoms with Crippen LogP contribution in [0.5, 0.6) is 0 Å². The van der Waals surface area contributed by atoms with Crippen molar-refractivity contribution in [2.45, 2.75) is 174 Å². The molecule has 0 heterocycles. The zero-order valence-corrected chi connectivity index (χ0v) is 42.5. The Morgan fingerprint density at radius 2 is 0.938 bits per heavy atom. The van der Waals surface area contributed by atoms with Crippen LogP contribution in [0.1, 0.15) is 162 Å². The lowest BCUT2D eigenvalue weighted by Crippen LogP contribution is -2.45. The van der Waals surface area contributed by atoms with Gasteiger partial charge in [-0.25, -0.2) is 0 Å². The zero-order valence-electron chi connectivity index (χ0n) is 41.6. The van der Waals surface area contributed by atoms with Crippen LogP contribution in [-0.4, -0.2) is 68.5 Å². The number of phosphoric acid groups is 1. The molecule has 3 atom stereocenters. The van der Waals surface area contributed by atoms with Crippen molar-refractivity contribution in [1.82, 2.24) is 5.32 Å². The second-order valence-electron chi connectivity index (χ2n) is 17.4. The van der Waals surface area contributed by atoms with E-state index in [1.54, 1.807) is 6.08 Å². The smallest absolute Gasteiger partial charge is 0.268 e. The lowest BCUT2D eigenvalue weighted by molar-refractivity contribution is -0.870. The topological polar surface area (TPSA) is 108 Å². The first-order valence-electron chi connectivity index (χ1n) is 25.0. The van der Waals surface area contributed by atoms with Gasteiger partial charge < -0.3 is 28.8 Å². The van der Waals surface area contributed by atoms with E-state index in [0.717, 1.165) is 116 Å². The molecule has 0 radical (unpaired) electrons. The largest absolute Gasteiger partial charge is 0.756 e. The molecule has 0 aliphatic rings. The van der Waals surface area contributed by atoms with Crippen LogP contribution >= 0.6 is 7.82 Å². The fraction of sp³-hybridized carbons (Fsp3) is 0.589. The molecule has 3 unspecified atom stereocenters. The van der Waals surface area contributed by atoms with Gasteiger partial charge in [0.1, 0.15) is 13.2 Å². The van der Waals surface area contributed by atoms with Gasteiger partial charge in [-0.1, -0.05) is 199 Å². The number of hydrogen-bond acceptors (Lipinski definition) is 6. The Hall–Kier alpha value is -3.36. The van der Waals surface area contributed by atoms with E-state index < -0.39 is 26.6 Å². The Morgan fingerprint density at radius 1 is 0.554 bits per heavy atom. The van der Waals surface area contributed by atoms with Gasteiger partial charge in [-0.15, -0.1) is 0 Å². The van der Waals surface area contributed by atoms with Crippen LogP contribution in [-0.2, 0) is 18.4 Å². The van der Waals surface area contributed by atoms with Gasteiger partial charge >= 0.3 is 0 Å². The summed E-state index contributed by atoms with van der Waals surface area (Å²) >= 11 is 0. The molecule has 368 valence electrons. The molecule has 0 bridgehead atoms. The van der Waals surface area contributed by atoms with E-state index in [4.69, 9.17) is 9.05 Å². The predicted molar refractivity (Wildman–Crippen MR) is 278 cm³/mol. The maximum absolute atomic E-state index is 12.7. The Bertz CT molecular complexity index is 1510. The molecule has 0 aromatic rings. The number of hydrogen-bond donors (Lipinski definition) is 2. The van der Waals surface area contributed by atoms with E-state index in [2.05, 4.69) is 141 Å². The molecule has 0 aromatic carbocycles. The average Bonchev–Trinajstić information content (AvgIpc) is 3.26. The van der Waals surface area contributed by atoms with E-state index in [-0.39, 0.29) is 12.5 Å². The summed E-state index contributed by atoms with van der Waals surface area (Å²) in [4.78, 5) is 25.1. The molecule has 1 amide bonds. The lowest BCUT2D eigenvalue weighted by Gasteiger charge is -2.29. The minimum Gasteiger partial charge on any atom is -0.756 e. The third-order valence-corrected chi connectivity index (χ3v) is 11.1. The maximum Gasteiger partial charge on any atom is 0.268 e. The number of carbonyl (C=O) groups is 1. The van der Waals surface area contributed by atoms with E-state index in [1.165, 1.54) is 25.7 Å². The monoisotopic (exact) mass is 921 g/mol. The molecule has 65 heavy (non-hydrogen) atoms. The summed E-state index contributed by atoms with van der Waals surface area (Å²) in [5.74, 6) is -0.223. The number of amides is 1.